The lowest BCUT2D eigenvalue weighted by Crippen LogP contribution is -2.16. The molecule has 0 aliphatic heterocycles. The molecule has 1 amide bonds. The number of nitrogen functional groups attached to an aromatic ring is 2. The van der Waals surface area contributed by atoms with Crippen molar-refractivity contribution in [2.24, 2.45) is 0 Å². The number of fused-ring (bicyclic) bond motifs is 1. The molecule has 0 aliphatic carbocycles. The van der Waals surface area contributed by atoms with Crippen LogP contribution in [0.15, 0.2) is 42.6 Å². The second kappa shape index (κ2) is 14.9. The molecule has 0 aliphatic rings. The van der Waals surface area contributed by atoms with Gasteiger partial charge in [0.05, 0.1) is 19.0 Å². The normalized spacial score (nSPS) is 9.56. The highest BCUT2D eigenvalue weighted by Crippen LogP contribution is 2.30. The highest BCUT2D eigenvalue weighted by Gasteiger charge is 2.20. The first-order valence-corrected chi connectivity index (χ1v) is 11.8. The van der Waals surface area contributed by atoms with E-state index in [0.29, 0.717) is 22.3 Å². The number of pyridine rings is 1. The summed E-state index contributed by atoms with van der Waals surface area (Å²) in [6, 6.07) is 9.95. The molecule has 10 nitrogen and oxygen atoms in total. The average molecular weight is 499 g/mol. The SMILES string of the molecule is CC.CC.CC.COC(=O)Nc1c(N)nc(-c2nn(Cc3ccccc3F)c3ncccc23)nc1N. The molecule has 4 aromatic rings. The van der Waals surface area contributed by atoms with Crippen molar-refractivity contribution < 1.29 is 13.9 Å². The van der Waals surface area contributed by atoms with Gasteiger partial charge in [-0.2, -0.15) is 5.10 Å². The van der Waals surface area contributed by atoms with Crippen LogP contribution in [0.3, 0.4) is 0 Å². The van der Waals surface area contributed by atoms with Crippen LogP contribution in [0.4, 0.5) is 26.5 Å². The summed E-state index contributed by atoms with van der Waals surface area (Å²) in [5.74, 6) is -0.306. The number of nitrogens with one attached hydrogen (secondary N) is 1. The predicted molar refractivity (Wildman–Crippen MR) is 143 cm³/mol. The third kappa shape index (κ3) is 6.87. The Hall–Kier alpha value is -4.28. The number of nitrogens with zero attached hydrogens (tertiary/aromatic N) is 5. The number of hydrogen-bond acceptors (Lipinski definition) is 8. The second-order valence-corrected chi connectivity index (χ2v) is 6.28. The van der Waals surface area contributed by atoms with Crippen molar-refractivity contribution in [1.29, 1.82) is 0 Å². The Morgan fingerprint density at radius 2 is 1.61 bits per heavy atom. The summed E-state index contributed by atoms with van der Waals surface area (Å²) in [4.78, 5) is 24.3. The van der Waals surface area contributed by atoms with Crippen LogP contribution in [0.1, 0.15) is 47.1 Å². The summed E-state index contributed by atoms with van der Waals surface area (Å²) in [6.07, 6.45) is 0.854. The van der Waals surface area contributed by atoms with E-state index < -0.39 is 6.09 Å². The number of benzene rings is 1. The molecular weight excluding hydrogens is 463 g/mol. The molecule has 0 unspecified atom stereocenters. The number of ether oxygens (including phenoxy) is 1. The molecule has 1 aromatic carbocycles. The number of halogens is 1. The van der Waals surface area contributed by atoms with Crippen LogP contribution in [-0.4, -0.2) is 37.9 Å². The lowest BCUT2D eigenvalue weighted by Gasteiger charge is -2.10. The van der Waals surface area contributed by atoms with Crippen LogP contribution in [0.2, 0.25) is 0 Å². The number of methoxy groups -OCH3 is 1. The third-order valence-electron chi connectivity index (χ3n) is 4.37. The highest BCUT2D eigenvalue weighted by molar-refractivity contribution is 5.94. The molecule has 0 saturated carbocycles. The Morgan fingerprint density at radius 1 is 1.00 bits per heavy atom. The maximum atomic E-state index is 14.1. The summed E-state index contributed by atoms with van der Waals surface area (Å²) in [5.41, 5.74) is 13.3. The van der Waals surface area contributed by atoms with Gasteiger partial charge in [-0.1, -0.05) is 59.7 Å². The first kappa shape index (κ1) is 29.8. The van der Waals surface area contributed by atoms with E-state index >= 15 is 0 Å². The van der Waals surface area contributed by atoms with Crippen LogP contribution in [0, 0.1) is 5.82 Å². The molecule has 5 N–H and O–H groups in total. The van der Waals surface area contributed by atoms with Gasteiger partial charge in [0.2, 0.25) is 0 Å². The van der Waals surface area contributed by atoms with Crippen LogP contribution in [0.5, 0.6) is 0 Å². The zero-order chi connectivity index (χ0) is 27.3. The zero-order valence-corrected chi connectivity index (χ0v) is 21.8. The summed E-state index contributed by atoms with van der Waals surface area (Å²) in [6.45, 7) is 12.2. The Balaban J connectivity index is 0.00000101. The van der Waals surface area contributed by atoms with Crippen molar-refractivity contribution in [3.8, 4) is 11.5 Å². The molecule has 194 valence electrons. The standard InChI is InChI=1S/C19H17FN8O2.3C2H6/c1-30-19(29)24-14-15(21)25-17(26-16(14)22)13-11-6-4-8-23-18(11)28(27-13)9-10-5-2-3-7-12(10)20;3*1-2/h2-8H,9H2,1H3,(H,24,29)(H4,21,22,25,26);3*1-2H3. The average Bonchev–Trinajstić information content (AvgIpc) is 3.29. The summed E-state index contributed by atoms with van der Waals surface area (Å²) < 4.78 is 20.2. The number of carbonyl (C=O) groups is 1. The number of anilines is 3. The van der Waals surface area contributed by atoms with Gasteiger partial charge in [-0.3, -0.25) is 5.32 Å². The van der Waals surface area contributed by atoms with Crippen molar-refractivity contribution in [1.82, 2.24) is 24.7 Å². The van der Waals surface area contributed by atoms with Crippen molar-refractivity contribution in [2.45, 2.75) is 48.1 Å². The number of amides is 1. The van der Waals surface area contributed by atoms with Gasteiger partial charge in [-0.15, -0.1) is 0 Å². The number of aromatic nitrogens is 5. The first-order valence-electron chi connectivity index (χ1n) is 11.8. The van der Waals surface area contributed by atoms with Gasteiger partial charge in [-0.25, -0.2) is 28.8 Å². The van der Waals surface area contributed by atoms with Crippen molar-refractivity contribution in [3.63, 3.8) is 0 Å². The minimum absolute atomic E-state index is 0.0406. The molecule has 11 heteroatoms. The van der Waals surface area contributed by atoms with E-state index in [9.17, 15) is 9.18 Å². The smallest absolute Gasteiger partial charge is 0.411 e. The topological polar surface area (TPSA) is 147 Å². The largest absolute Gasteiger partial charge is 0.453 e. The second-order valence-electron chi connectivity index (χ2n) is 6.28. The third-order valence-corrected chi connectivity index (χ3v) is 4.37. The van der Waals surface area contributed by atoms with Crippen LogP contribution >= 0.6 is 0 Å². The lowest BCUT2D eigenvalue weighted by molar-refractivity contribution is 0.187. The monoisotopic (exact) mass is 498 g/mol. The predicted octanol–water partition coefficient (Wildman–Crippen LogP) is 5.50. The maximum absolute atomic E-state index is 14.1. The fourth-order valence-electron chi connectivity index (χ4n) is 2.96. The van der Waals surface area contributed by atoms with Crippen LogP contribution in [0.25, 0.3) is 22.6 Å². The Labute approximate surface area is 210 Å². The number of rotatable bonds is 4. The molecule has 0 bridgehead atoms. The Kier molecular flexibility index (Phi) is 12.3. The molecule has 0 fully saturated rings. The molecule has 0 radical (unpaired) electrons. The number of hydrogen-bond donors (Lipinski definition) is 3. The maximum Gasteiger partial charge on any atom is 0.411 e. The van der Waals surface area contributed by atoms with E-state index in [2.05, 4.69) is 30.1 Å². The Morgan fingerprint density at radius 3 is 2.19 bits per heavy atom. The molecular formula is C25H35FN8O2. The van der Waals surface area contributed by atoms with Crippen LogP contribution < -0.4 is 16.8 Å². The Bertz CT molecular complexity index is 1240. The van der Waals surface area contributed by atoms with Gasteiger partial charge in [0, 0.05) is 11.8 Å². The molecule has 3 aromatic heterocycles. The highest BCUT2D eigenvalue weighted by atomic mass is 19.1. The van der Waals surface area contributed by atoms with Crippen molar-refractivity contribution in [2.75, 3.05) is 23.9 Å². The minimum atomic E-state index is -0.756. The molecule has 4 rings (SSSR count). The van der Waals surface area contributed by atoms with Gasteiger partial charge in [0.15, 0.2) is 23.1 Å². The quantitative estimate of drug-likeness (QED) is 0.334. The fourth-order valence-corrected chi connectivity index (χ4v) is 2.96. The molecule has 3 heterocycles. The van der Waals surface area contributed by atoms with E-state index in [4.69, 9.17) is 11.5 Å². The van der Waals surface area contributed by atoms with Gasteiger partial charge in [-0.05, 0) is 18.2 Å². The summed E-state index contributed by atoms with van der Waals surface area (Å²) >= 11 is 0. The number of carbonyl (C=O) groups excluding carboxylic acids is 1. The van der Waals surface area contributed by atoms with Gasteiger partial charge < -0.3 is 16.2 Å². The molecule has 0 atom stereocenters. The van der Waals surface area contributed by atoms with E-state index in [1.807, 2.05) is 41.5 Å². The first-order chi connectivity index (χ1) is 17.5. The zero-order valence-electron chi connectivity index (χ0n) is 21.8. The van der Waals surface area contributed by atoms with Crippen LogP contribution in [-0.2, 0) is 11.3 Å². The van der Waals surface area contributed by atoms with Gasteiger partial charge in [0.1, 0.15) is 17.2 Å². The van der Waals surface area contributed by atoms with Gasteiger partial charge >= 0.3 is 6.09 Å². The van der Waals surface area contributed by atoms with E-state index in [-0.39, 0.29) is 35.5 Å². The van der Waals surface area contributed by atoms with E-state index in [1.165, 1.54) is 13.2 Å². The molecule has 0 saturated heterocycles. The molecule has 0 spiro atoms. The lowest BCUT2D eigenvalue weighted by atomic mass is 10.2. The summed E-state index contributed by atoms with van der Waals surface area (Å²) in [7, 11) is 1.21. The van der Waals surface area contributed by atoms with Gasteiger partial charge in [0.25, 0.3) is 0 Å². The fraction of sp³-hybridized carbons (Fsp3) is 0.320. The van der Waals surface area contributed by atoms with E-state index in [0.717, 1.165) is 0 Å². The van der Waals surface area contributed by atoms with Crippen molar-refractivity contribution in [3.05, 3.63) is 54.0 Å². The van der Waals surface area contributed by atoms with Crippen molar-refractivity contribution >= 4 is 34.4 Å². The summed E-state index contributed by atoms with van der Waals surface area (Å²) in [5, 5.41) is 7.54. The van der Waals surface area contributed by atoms with E-state index in [1.54, 1.807) is 41.2 Å². The minimum Gasteiger partial charge on any atom is -0.453 e. The molecule has 36 heavy (non-hydrogen) atoms. The number of nitrogens with two attached hydrogens (primary N) is 2.